The monoisotopic (exact) mass is 523 g/mol. The Morgan fingerprint density at radius 1 is 0.667 bits per heavy atom. The van der Waals surface area contributed by atoms with Crippen LogP contribution in [-0.4, -0.2) is 28.6 Å². The van der Waals surface area contributed by atoms with E-state index in [-0.39, 0.29) is 36.0 Å². The minimum atomic E-state index is -0.595. The van der Waals surface area contributed by atoms with Gasteiger partial charge in [0.25, 0.3) is 0 Å². The first-order valence-electron chi connectivity index (χ1n) is 13.8. The van der Waals surface area contributed by atoms with E-state index < -0.39 is 17.8 Å². The fourth-order valence-corrected chi connectivity index (χ4v) is 6.57. The van der Waals surface area contributed by atoms with E-state index in [0.717, 1.165) is 22.4 Å². The van der Waals surface area contributed by atoms with E-state index >= 15 is 0 Å². The second kappa shape index (κ2) is 9.33. The standard InChI is InChI=1S/C32H33N3O4/c1-17(2)19-5-9-21(10-6-19)34-27(36)16-25(30(34)37)24-15-26-28(23-13-14-33-29(23)24)32(39)35(31(26)38)22-11-7-20(8-12-22)18(3)4/h5-14,17-18,24-26,28,33H,15-16H2,1-4H3/t24-,25?,26-,28+/m0/s1. The van der Waals surface area contributed by atoms with E-state index in [4.69, 9.17) is 0 Å². The van der Waals surface area contributed by atoms with Crippen LogP contribution in [0.2, 0.25) is 0 Å². The minimum Gasteiger partial charge on any atom is -0.364 e. The van der Waals surface area contributed by atoms with Gasteiger partial charge in [0.15, 0.2) is 0 Å². The lowest BCUT2D eigenvalue weighted by Crippen LogP contribution is -2.35. The molecule has 2 fully saturated rings. The summed E-state index contributed by atoms with van der Waals surface area (Å²) in [5, 5.41) is 0. The first-order chi connectivity index (χ1) is 18.7. The number of aromatic amines is 1. The number of hydrogen-bond donors (Lipinski definition) is 1. The number of carbonyl (C=O) groups is 4. The Kier molecular flexibility index (Phi) is 6.05. The third kappa shape index (κ3) is 3.94. The molecule has 0 saturated carbocycles. The molecule has 0 bridgehead atoms. The first kappa shape index (κ1) is 25.3. The van der Waals surface area contributed by atoms with Crippen molar-refractivity contribution in [1.82, 2.24) is 4.98 Å². The molecule has 1 aromatic heterocycles. The van der Waals surface area contributed by atoms with Gasteiger partial charge in [-0.1, -0.05) is 52.0 Å². The zero-order chi connectivity index (χ0) is 27.6. The maximum Gasteiger partial charge on any atom is 0.242 e. The van der Waals surface area contributed by atoms with Crippen LogP contribution in [-0.2, 0) is 19.2 Å². The predicted molar refractivity (Wildman–Crippen MR) is 149 cm³/mol. The SMILES string of the molecule is CC(C)c1ccc(N2C(=O)CC([C@@H]3C[C@@H]4C(=O)N(c5ccc(C(C)C)cc5)C(=O)[C@@H]4c4cc[nH]c43)C2=O)cc1. The molecule has 3 aliphatic rings. The Labute approximate surface area is 228 Å². The summed E-state index contributed by atoms with van der Waals surface area (Å²) < 4.78 is 0. The Balaban J connectivity index is 1.30. The third-order valence-electron chi connectivity index (χ3n) is 8.76. The van der Waals surface area contributed by atoms with Gasteiger partial charge in [-0.15, -0.1) is 0 Å². The van der Waals surface area contributed by atoms with Crippen LogP contribution >= 0.6 is 0 Å². The summed E-state index contributed by atoms with van der Waals surface area (Å²) in [7, 11) is 0. The zero-order valence-corrected chi connectivity index (χ0v) is 22.7. The highest BCUT2D eigenvalue weighted by Crippen LogP contribution is 2.52. The van der Waals surface area contributed by atoms with Crippen molar-refractivity contribution in [1.29, 1.82) is 0 Å². The number of imide groups is 2. The van der Waals surface area contributed by atoms with Crippen LogP contribution in [0.1, 0.15) is 86.6 Å². The number of nitrogens with zero attached hydrogens (tertiary/aromatic N) is 2. The molecular weight excluding hydrogens is 490 g/mol. The fraction of sp³-hybridized carbons (Fsp3) is 0.375. The normalized spacial score (nSPS) is 24.8. The average molecular weight is 524 g/mol. The van der Waals surface area contributed by atoms with Gasteiger partial charge in [0.05, 0.1) is 29.1 Å². The van der Waals surface area contributed by atoms with Crippen LogP contribution < -0.4 is 9.80 Å². The van der Waals surface area contributed by atoms with Crippen LogP contribution in [0.25, 0.3) is 0 Å². The van der Waals surface area contributed by atoms with Crippen molar-refractivity contribution in [3.63, 3.8) is 0 Å². The minimum absolute atomic E-state index is 0.0772. The molecule has 6 rings (SSSR count). The highest BCUT2D eigenvalue weighted by atomic mass is 16.2. The highest BCUT2D eigenvalue weighted by molar-refractivity contribution is 6.24. The number of nitrogens with one attached hydrogen (secondary N) is 1. The zero-order valence-electron chi connectivity index (χ0n) is 22.7. The molecule has 1 unspecified atom stereocenters. The van der Waals surface area contributed by atoms with Crippen molar-refractivity contribution in [2.24, 2.45) is 11.8 Å². The number of H-pyrrole nitrogens is 1. The lowest BCUT2D eigenvalue weighted by atomic mass is 9.69. The van der Waals surface area contributed by atoms with Gasteiger partial charge in [0, 0.05) is 24.2 Å². The average Bonchev–Trinajstić information content (AvgIpc) is 3.58. The van der Waals surface area contributed by atoms with Crippen molar-refractivity contribution in [3.8, 4) is 0 Å². The van der Waals surface area contributed by atoms with E-state index in [2.05, 4.69) is 32.7 Å². The lowest BCUT2D eigenvalue weighted by molar-refractivity contribution is -0.125. The summed E-state index contributed by atoms with van der Waals surface area (Å²) in [4.78, 5) is 60.0. The Bertz CT molecular complexity index is 1470. The molecule has 0 spiro atoms. The number of anilines is 2. The van der Waals surface area contributed by atoms with Crippen LogP contribution in [0.15, 0.2) is 60.8 Å². The highest BCUT2D eigenvalue weighted by Gasteiger charge is 2.56. The molecule has 3 heterocycles. The molecule has 2 aromatic carbocycles. The van der Waals surface area contributed by atoms with Gasteiger partial charge in [-0.05, 0) is 65.3 Å². The molecule has 200 valence electrons. The number of rotatable bonds is 5. The molecule has 3 aromatic rings. The smallest absolute Gasteiger partial charge is 0.242 e. The second-order valence-corrected chi connectivity index (χ2v) is 11.7. The van der Waals surface area contributed by atoms with Crippen molar-refractivity contribution in [2.45, 2.75) is 64.2 Å². The lowest BCUT2D eigenvalue weighted by Gasteiger charge is -2.32. The quantitative estimate of drug-likeness (QED) is 0.441. The summed E-state index contributed by atoms with van der Waals surface area (Å²) in [6.45, 7) is 8.39. The van der Waals surface area contributed by atoms with Crippen molar-refractivity contribution in [3.05, 3.63) is 83.2 Å². The molecule has 1 aliphatic carbocycles. The Hall–Kier alpha value is -4.00. The van der Waals surface area contributed by atoms with Crippen molar-refractivity contribution in [2.75, 3.05) is 9.80 Å². The molecule has 2 saturated heterocycles. The van der Waals surface area contributed by atoms with Crippen LogP contribution in [0.3, 0.4) is 0 Å². The topological polar surface area (TPSA) is 90.6 Å². The molecule has 0 radical (unpaired) electrons. The molecule has 4 amide bonds. The maximum absolute atomic E-state index is 13.7. The number of aromatic nitrogens is 1. The maximum atomic E-state index is 13.7. The number of fused-ring (bicyclic) bond motifs is 3. The van der Waals surface area contributed by atoms with E-state index in [0.29, 0.717) is 29.6 Å². The second-order valence-electron chi connectivity index (χ2n) is 11.7. The van der Waals surface area contributed by atoms with Gasteiger partial charge < -0.3 is 4.98 Å². The molecule has 4 atom stereocenters. The van der Waals surface area contributed by atoms with Gasteiger partial charge in [0.2, 0.25) is 23.6 Å². The Morgan fingerprint density at radius 3 is 1.77 bits per heavy atom. The fourth-order valence-electron chi connectivity index (χ4n) is 6.57. The summed E-state index contributed by atoms with van der Waals surface area (Å²) in [5.74, 6) is -2.39. The predicted octanol–water partition coefficient (Wildman–Crippen LogP) is 5.60. The molecular formula is C32H33N3O4. The van der Waals surface area contributed by atoms with Gasteiger partial charge in [-0.25, -0.2) is 4.90 Å². The molecule has 7 heteroatoms. The Morgan fingerprint density at radius 2 is 1.21 bits per heavy atom. The van der Waals surface area contributed by atoms with E-state index in [1.807, 2.05) is 54.6 Å². The summed E-state index contributed by atoms with van der Waals surface area (Å²) in [6, 6.07) is 17.0. The van der Waals surface area contributed by atoms with Crippen LogP contribution in [0.5, 0.6) is 0 Å². The summed E-state index contributed by atoms with van der Waals surface area (Å²) in [6.07, 6.45) is 2.18. The van der Waals surface area contributed by atoms with Crippen LogP contribution in [0.4, 0.5) is 11.4 Å². The van der Waals surface area contributed by atoms with Gasteiger partial charge in [-0.2, -0.15) is 0 Å². The van der Waals surface area contributed by atoms with Gasteiger partial charge >= 0.3 is 0 Å². The molecule has 2 aliphatic heterocycles. The van der Waals surface area contributed by atoms with Crippen molar-refractivity contribution >= 4 is 35.0 Å². The van der Waals surface area contributed by atoms with Gasteiger partial charge in [-0.3, -0.25) is 24.1 Å². The molecule has 1 N–H and O–H groups in total. The molecule has 7 nitrogen and oxygen atoms in total. The third-order valence-corrected chi connectivity index (χ3v) is 8.76. The molecule has 39 heavy (non-hydrogen) atoms. The van der Waals surface area contributed by atoms with Crippen LogP contribution in [0, 0.1) is 11.8 Å². The first-order valence-corrected chi connectivity index (χ1v) is 13.8. The summed E-state index contributed by atoms with van der Waals surface area (Å²) >= 11 is 0. The van der Waals surface area contributed by atoms with Gasteiger partial charge in [0.1, 0.15) is 0 Å². The number of benzene rings is 2. The summed E-state index contributed by atoms with van der Waals surface area (Å²) in [5.41, 5.74) is 4.96. The number of amides is 4. The van der Waals surface area contributed by atoms with Crippen molar-refractivity contribution < 1.29 is 19.2 Å². The van der Waals surface area contributed by atoms with E-state index in [1.165, 1.54) is 9.80 Å². The number of hydrogen-bond acceptors (Lipinski definition) is 4. The largest absolute Gasteiger partial charge is 0.364 e. The van der Waals surface area contributed by atoms with E-state index in [1.54, 1.807) is 6.20 Å². The number of carbonyl (C=O) groups excluding carboxylic acids is 4. The van der Waals surface area contributed by atoms with E-state index in [9.17, 15) is 19.2 Å².